The summed E-state index contributed by atoms with van der Waals surface area (Å²) in [6.07, 6.45) is 82.1. The van der Waals surface area contributed by atoms with Gasteiger partial charge < -0.3 is 28.5 Å². The van der Waals surface area contributed by atoms with Gasteiger partial charge in [-0.3, -0.25) is 14.2 Å². The van der Waals surface area contributed by atoms with E-state index in [0.717, 1.165) is 83.5 Å². The largest absolute Gasteiger partial charge is 0.756 e. The molecule has 0 aliphatic carbocycles. The Morgan fingerprint density at radius 3 is 1.12 bits per heavy atom. The van der Waals surface area contributed by atoms with Crippen LogP contribution in [-0.2, 0) is 27.9 Å². The van der Waals surface area contributed by atoms with E-state index < -0.39 is 26.6 Å². The van der Waals surface area contributed by atoms with Crippen LogP contribution in [0.4, 0.5) is 0 Å². The molecule has 0 spiro atoms. The van der Waals surface area contributed by atoms with Crippen molar-refractivity contribution in [2.45, 2.75) is 360 Å². The number of nitrogens with zero attached hydrogens (tertiary/aromatic N) is 1. The summed E-state index contributed by atoms with van der Waals surface area (Å²) in [5, 5.41) is 3.04. The van der Waals surface area contributed by atoms with E-state index in [-0.39, 0.29) is 24.9 Å². The van der Waals surface area contributed by atoms with Gasteiger partial charge in [0.05, 0.1) is 33.8 Å². The highest BCUT2D eigenvalue weighted by Crippen LogP contribution is 2.38. The van der Waals surface area contributed by atoms with Crippen molar-refractivity contribution in [1.82, 2.24) is 5.32 Å². The second-order valence-electron chi connectivity index (χ2n) is 25.7. The van der Waals surface area contributed by atoms with Crippen molar-refractivity contribution in [3.05, 3.63) is 60.8 Å². The van der Waals surface area contributed by atoms with Gasteiger partial charge >= 0.3 is 5.97 Å². The maximum atomic E-state index is 13.6. The van der Waals surface area contributed by atoms with Crippen molar-refractivity contribution in [2.24, 2.45) is 0 Å². The number of carbonyl (C=O) groups excluding carboxylic acids is 2. The molecule has 3 atom stereocenters. The molecule has 0 saturated carbocycles. The minimum Gasteiger partial charge on any atom is -0.756 e. The number of nitrogens with one attached hydrogen (secondary N) is 1. The van der Waals surface area contributed by atoms with E-state index in [0.29, 0.717) is 17.4 Å². The molecule has 1 N–H and O–H groups in total. The Morgan fingerprint density at radius 2 is 0.726 bits per heavy atom. The summed E-state index contributed by atoms with van der Waals surface area (Å²) in [6, 6.07) is -0.894. The Morgan fingerprint density at radius 1 is 0.417 bits per heavy atom. The molecule has 0 heterocycles. The summed E-state index contributed by atoms with van der Waals surface area (Å²) < 4.78 is 30.4. The smallest absolute Gasteiger partial charge is 0.306 e. The number of phosphoric ester groups is 1. The van der Waals surface area contributed by atoms with Gasteiger partial charge in [0, 0.05) is 12.8 Å². The van der Waals surface area contributed by atoms with Gasteiger partial charge in [-0.05, 0) is 96.0 Å². The fraction of sp³-hybridized carbons (Fsp3) is 0.838. The van der Waals surface area contributed by atoms with Crippen LogP contribution in [0.5, 0.6) is 0 Å². The lowest BCUT2D eigenvalue weighted by Crippen LogP contribution is -2.47. The molecule has 492 valence electrons. The van der Waals surface area contributed by atoms with Gasteiger partial charge in [0.1, 0.15) is 19.3 Å². The summed E-state index contributed by atoms with van der Waals surface area (Å²) >= 11 is 0. The van der Waals surface area contributed by atoms with E-state index >= 15 is 0 Å². The van der Waals surface area contributed by atoms with Crippen molar-refractivity contribution in [3.63, 3.8) is 0 Å². The normalized spacial score (nSPS) is 13.8. The first-order valence-electron chi connectivity index (χ1n) is 36.1. The first kappa shape index (κ1) is 81.7. The van der Waals surface area contributed by atoms with Crippen LogP contribution in [0.15, 0.2) is 60.8 Å². The molecule has 0 aromatic carbocycles. The van der Waals surface area contributed by atoms with Gasteiger partial charge in [-0.15, -0.1) is 0 Å². The first-order valence-corrected chi connectivity index (χ1v) is 37.6. The summed E-state index contributed by atoms with van der Waals surface area (Å²) in [5.41, 5.74) is 0. The van der Waals surface area contributed by atoms with E-state index in [1.807, 2.05) is 33.3 Å². The van der Waals surface area contributed by atoms with Crippen molar-refractivity contribution in [3.8, 4) is 0 Å². The Kier molecular flexibility index (Phi) is 62.0. The fourth-order valence-corrected chi connectivity index (χ4v) is 11.3. The lowest BCUT2D eigenvalue weighted by atomic mass is 10.0. The Bertz CT molecular complexity index is 1620. The number of rotatable bonds is 66. The van der Waals surface area contributed by atoms with Crippen LogP contribution in [0.1, 0.15) is 348 Å². The standard InChI is InChI=1S/C74H139N2O7P/c1-7-10-13-16-19-22-25-28-30-32-34-35-36-37-38-39-40-41-43-44-46-48-51-54-57-60-63-66-73(77)75-71(70-82-84(79,80)81-69-68-76(4,5)6)72(65-62-59-56-53-50-27-24-21-18-15-12-9-3)83-74(78)67-64-61-58-55-52-49-47-45-42-33-31-29-26-23-20-17-14-11-8-2/h20,23,28-31,42,45,62,65,71-72H,7-19,21-22,24-27,32-41,43-44,46-61,63-64,66-70H2,1-6H3,(H-,75,77,79,80)/b23-20-,30-28+,31-29-,45-42-,65-62-. The molecule has 0 rings (SSSR count). The number of esters is 1. The van der Waals surface area contributed by atoms with Crippen LogP contribution >= 0.6 is 7.82 Å². The molecule has 3 unspecified atom stereocenters. The molecule has 0 aliphatic rings. The predicted molar refractivity (Wildman–Crippen MR) is 362 cm³/mol. The quantitative estimate of drug-likeness (QED) is 0.0212. The molecule has 0 bridgehead atoms. The van der Waals surface area contributed by atoms with E-state index in [1.165, 1.54) is 231 Å². The van der Waals surface area contributed by atoms with Crippen LogP contribution < -0.4 is 10.2 Å². The lowest BCUT2D eigenvalue weighted by molar-refractivity contribution is -0.870. The second-order valence-corrected chi connectivity index (χ2v) is 27.1. The third-order valence-corrected chi connectivity index (χ3v) is 17.1. The molecule has 84 heavy (non-hydrogen) atoms. The zero-order valence-corrected chi connectivity index (χ0v) is 57.3. The zero-order valence-electron chi connectivity index (χ0n) is 56.4. The van der Waals surface area contributed by atoms with Crippen LogP contribution in [0.25, 0.3) is 0 Å². The lowest BCUT2D eigenvalue weighted by Gasteiger charge is -2.30. The average Bonchev–Trinajstić information content (AvgIpc) is 3.65. The second kappa shape index (κ2) is 63.7. The van der Waals surface area contributed by atoms with Gasteiger partial charge in [0.15, 0.2) is 0 Å². The predicted octanol–water partition coefficient (Wildman–Crippen LogP) is 22.3. The van der Waals surface area contributed by atoms with Crippen molar-refractivity contribution >= 4 is 19.7 Å². The Labute approximate surface area is 521 Å². The molecule has 0 radical (unpaired) electrons. The molecule has 1 amide bonds. The highest BCUT2D eigenvalue weighted by atomic mass is 31.2. The van der Waals surface area contributed by atoms with Gasteiger partial charge in [-0.2, -0.15) is 0 Å². The molecular weight excluding hydrogens is 1060 g/mol. The van der Waals surface area contributed by atoms with Crippen molar-refractivity contribution in [2.75, 3.05) is 40.9 Å². The molecule has 0 aliphatic heterocycles. The van der Waals surface area contributed by atoms with Gasteiger partial charge in [-0.25, -0.2) is 0 Å². The number of phosphoric acid groups is 1. The SMILES string of the molecule is CCCCC/C=C\C/C=C\C/C=C\CCCCCCCCC(=O)OC(/C=C\CCCCCCCCCCCC)C(COP(=O)([O-])OCC[N+](C)(C)C)NC(=O)CCCCCCCCCCCCCCCCCCC/C=C/CCCCCCCC. The molecule has 9 nitrogen and oxygen atoms in total. The highest BCUT2D eigenvalue weighted by Gasteiger charge is 2.27. The Hall–Kier alpha value is -2.29. The van der Waals surface area contributed by atoms with E-state index in [4.69, 9.17) is 13.8 Å². The molecule has 0 aromatic heterocycles. The van der Waals surface area contributed by atoms with Gasteiger partial charge in [0.2, 0.25) is 5.91 Å². The minimum atomic E-state index is -4.71. The monoisotopic (exact) mass is 1200 g/mol. The van der Waals surface area contributed by atoms with Gasteiger partial charge in [-0.1, -0.05) is 300 Å². The minimum absolute atomic E-state index is 0.0243. The number of unbranched alkanes of at least 4 members (excludes halogenated alkanes) is 42. The van der Waals surface area contributed by atoms with E-state index in [1.54, 1.807) is 0 Å². The van der Waals surface area contributed by atoms with Gasteiger partial charge in [0.25, 0.3) is 7.82 Å². The van der Waals surface area contributed by atoms with Crippen LogP contribution in [0.3, 0.4) is 0 Å². The third kappa shape index (κ3) is 64.2. The highest BCUT2D eigenvalue weighted by molar-refractivity contribution is 7.45. The van der Waals surface area contributed by atoms with Crippen molar-refractivity contribution in [1.29, 1.82) is 0 Å². The topological polar surface area (TPSA) is 114 Å². The van der Waals surface area contributed by atoms with Crippen LogP contribution in [0.2, 0.25) is 0 Å². The third-order valence-electron chi connectivity index (χ3n) is 16.2. The first-order chi connectivity index (χ1) is 40.9. The molecular formula is C74H139N2O7P. The summed E-state index contributed by atoms with van der Waals surface area (Å²) in [7, 11) is 1.19. The van der Waals surface area contributed by atoms with Crippen molar-refractivity contribution < 1.29 is 37.3 Å². The maximum Gasteiger partial charge on any atom is 0.306 e. The fourth-order valence-electron chi connectivity index (χ4n) is 10.6. The number of allylic oxidation sites excluding steroid dienone is 9. The molecule has 0 aromatic rings. The summed E-state index contributed by atoms with van der Waals surface area (Å²) in [6.45, 7) is 6.84. The summed E-state index contributed by atoms with van der Waals surface area (Å²) in [4.78, 5) is 40.2. The molecule has 10 heteroatoms. The average molecular weight is 1200 g/mol. The van der Waals surface area contributed by atoms with E-state index in [9.17, 15) is 19.0 Å². The van der Waals surface area contributed by atoms with Crippen LogP contribution in [-0.4, -0.2) is 69.4 Å². The molecule has 0 saturated heterocycles. The summed E-state index contributed by atoms with van der Waals surface area (Å²) in [5.74, 6) is -0.543. The van der Waals surface area contributed by atoms with E-state index in [2.05, 4.69) is 74.7 Å². The number of carbonyl (C=O) groups is 2. The zero-order chi connectivity index (χ0) is 61.4. The number of hydrogen-bond donors (Lipinski definition) is 1. The number of quaternary nitrogens is 1. The maximum absolute atomic E-state index is 13.6. The number of likely N-dealkylation sites (N-methyl/N-ethyl adjacent to an activating group) is 1. The Balaban J connectivity index is 5.01. The number of hydrogen-bond acceptors (Lipinski definition) is 7. The number of ether oxygens (including phenoxy) is 1. The van der Waals surface area contributed by atoms with Crippen LogP contribution in [0, 0.1) is 0 Å². The molecule has 0 fully saturated rings. The number of amides is 1.